The second-order valence-electron chi connectivity index (χ2n) is 3.63. The molecule has 90 valence electrons. The summed E-state index contributed by atoms with van der Waals surface area (Å²) in [6, 6.07) is 0. The number of ether oxygens (including phenoxy) is 3. The first-order valence-corrected chi connectivity index (χ1v) is 5.92. The van der Waals surface area contributed by atoms with Crippen molar-refractivity contribution in [2.24, 2.45) is 0 Å². The molecule has 0 aliphatic carbocycles. The summed E-state index contributed by atoms with van der Waals surface area (Å²) in [5.74, 6) is 0. The van der Waals surface area contributed by atoms with Crippen LogP contribution in [0.1, 0.15) is 26.7 Å². The minimum absolute atomic E-state index is 0.124. The topological polar surface area (TPSA) is 39.7 Å². The minimum Gasteiger partial charge on any atom is -0.377 e. The summed E-state index contributed by atoms with van der Waals surface area (Å²) in [6.45, 7) is 7.88. The number of hydrogen-bond acceptors (Lipinski definition) is 4. The van der Waals surface area contributed by atoms with Gasteiger partial charge in [-0.2, -0.15) is 0 Å². The maximum Gasteiger partial charge on any atom is 0.169 e. The Morgan fingerprint density at radius 1 is 1.33 bits per heavy atom. The predicted molar refractivity (Wildman–Crippen MR) is 58.9 cm³/mol. The molecule has 1 atom stereocenters. The highest BCUT2D eigenvalue weighted by molar-refractivity contribution is 4.67. The van der Waals surface area contributed by atoms with Gasteiger partial charge in [0.2, 0.25) is 0 Å². The predicted octanol–water partition coefficient (Wildman–Crippen LogP) is 1.15. The van der Waals surface area contributed by atoms with E-state index in [-0.39, 0.29) is 6.29 Å². The summed E-state index contributed by atoms with van der Waals surface area (Å²) >= 11 is 0. The summed E-state index contributed by atoms with van der Waals surface area (Å²) in [4.78, 5) is 0. The molecule has 0 aromatic heterocycles. The maximum absolute atomic E-state index is 5.51. The highest BCUT2D eigenvalue weighted by Crippen LogP contribution is 2.10. The second kappa shape index (κ2) is 8.05. The molecule has 1 fully saturated rings. The maximum atomic E-state index is 5.51. The van der Waals surface area contributed by atoms with Crippen molar-refractivity contribution in [3.8, 4) is 0 Å². The van der Waals surface area contributed by atoms with Gasteiger partial charge in [0.25, 0.3) is 0 Å². The van der Waals surface area contributed by atoms with Crippen molar-refractivity contribution in [3.63, 3.8) is 0 Å². The highest BCUT2D eigenvalue weighted by atomic mass is 16.7. The lowest BCUT2D eigenvalue weighted by Crippen LogP contribution is -2.35. The van der Waals surface area contributed by atoms with Gasteiger partial charge >= 0.3 is 0 Å². The number of hydrogen-bond donors (Lipinski definition) is 1. The highest BCUT2D eigenvalue weighted by Gasteiger charge is 2.15. The normalized spacial score (nSPS) is 21.4. The first-order valence-electron chi connectivity index (χ1n) is 5.92. The molecular weight excluding hydrogens is 194 g/mol. The van der Waals surface area contributed by atoms with Crippen molar-refractivity contribution in [3.05, 3.63) is 0 Å². The van der Waals surface area contributed by atoms with Gasteiger partial charge in [0.1, 0.15) is 0 Å². The van der Waals surface area contributed by atoms with E-state index >= 15 is 0 Å². The molecule has 0 aromatic rings. The Kier molecular flexibility index (Phi) is 6.92. The molecule has 1 N–H and O–H groups in total. The molecule has 15 heavy (non-hydrogen) atoms. The van der Waals surface area contributed by atoms with Crippen molar-refractivity contribution in [1.29, 1.82) is 0 Å². The molecule has 0 aromatic carbocycles. The lowest BCUT2D eigenvalue weighted by molar-refractivity contribution is -0.133. The van der Waals surface area contributed by atoms with E-state index in [0.717, 1.165) is 19.7 Å². The first-order chi connectivity index (χ1) is 7.36. The minimum atomic E-state index is -0.124. The van der Waals surface area contributed by atoms with E-state index in [2.05, 4.69) is 5.32 Å². The third-order valence-electron chi connectivity index (χ3n) is 2.41. The molecule has 1 unspecified atom stereocenters. The summed E-state index contributed by atoms with van der Waals surface area (Å²) in [5, 5.41) is 3.32. The summed E-state index contributed by atoms with van der Waals surface area (Å²) in [6.07, 6.45) is 2.61. The molecule has 1 rings (SSSR count). The molecule has 1 heterocycles. The smallest absolute Gasteiger partial charge is 0.169 e. The second-order valence-corrected chi connectivity index (χ2v) is 3.63. The Morgan fingerprint density at radius 3 is 2.60 bits per heavy atom. The van der Waals surface area contributed by atoms with Crippen LogP contribution in [0.3, 0.4) is 0 Å². The third-order valence-corrected chi connectivity index (χ3v) is 2.41. The fourth-order valence-electron chi connectivity index (χ4n) is 1.71. The molecule has 0 amide bonds. The molecule has 1 aliphatic rings. The van der Waals surface area contributed by atoms with Crippen LogP contribution in [0.4, 0.5) is 0 Å². The Bertz CT molecular complexity index is 143. The van der Waals surface area contributed by atoms with Gasteiger partial charge in [-0.25, -0.2) is 0 Å². The van der Waals surface area contributed by atoms with Crippen LogP contribution in [0, 0.1) is 0 Å². The Morgan fingerprint density at radius 2 is 2.07 bits per heavy atom. The van der Waals surface area contributed by atoms with E-state index in [9.17, 15) is 0 Å². The molecule has 4 nitrogen and oxygen atoms in total. The van der Waals surface area contributed by atoms with Crippen molar-refractivity contribution >= 4 is 0 Å². The van der Waals surface area contributed by atoms with Crippen molar-refractivity contribution < 1.29 is 14.2 Å². The largest absolute Gasteiger partial charge is 0.377 e. The van der Waals surface area contributed by atoms with Crippen LogP contribution in [0.15, 0.2) is 0 Å². The zero-order valence-electron chi connectivity index (χ0n) is 9.83. The van der Waals surface area contributed by atoms with E-state index in [4.69, 9.17) is 14.2 Å². The van der Waals surface area contributed by atoms with Gasteiger partial charge in [-0.1, -0.05) is 0 Å². The van der Waals surface area contributed by atoms with E-state index < -0.39 is 0 Å². The molecule has 0 bridgehead atoms. The SMILES string of the molecule is CCOC(CNCC1CCCO1)OCC. The Labute approximate surface area is 92.3 Å². The molecule has 0 spiro atoms. The molecule has 1 aliphatic heterocycles. The van der Waals surface area contributed by atoms with Crippen LogP contribution in [0.5, 0.6) is 0 Å². The van der Waals surface area contributed by atoms with E-state index in [1.54, 1.807) is 0 Å². The van der Waals surface area contributed by atoms with E-state index in [1.165, 1.54) is 12.8 Å². The van der Waals surface area contributed by atoms with Crippen molar-refractivity contribution in [1.82, 2.24) is 5.32 Å². The molecular formula is C11H23NO3. The number of nitrogens with one attached hydrogen (secondary N) is 1. The zero-order chi connectivity index (χ0) is 10.9. The summed E-state index contributed by atoms with van der Waals surface area (Å²) in [5.41, 5.74) is 0. The Hall–Kier alpha value is -0.160. The van der Waals surface area contributed by atoms with Crippen LogP contribution >= 0.6 is 0 Å². The van der Waals surface area contributed by atoms with Gasteiger partial charge in [-0.3, -0.25) is 0 Å². The van der Waals surface area contributed by atoms with Gasteiger partial charge in [0.15, 0.2) is 6.29 Å². The van der Waals surface area contributed by atoms with Crippen molar-refractivity contribution in [2.45, 2.75) is 39.1 Å². The van der Waals surface area contributed by atoms with Crippen LogP contribution in [0.25, 0.3) is 0 Å². The van der Waals surface area contributed by atoms with Crippen LogP contribution < -0.4 is 5.32 Å². The lowest BCUT2D eigenvalue weighted by Gasteiger charge is -2.18. The Balaban J connectivity index is 2.04. The van der Waals surface area contributed by atoms with E-state index in [0.29, 0.717) is 19.3 Å². The monoisotopic (exact) mass is 217 g/mol. The zero-order valence-corrected chi connectivity index (χ0v) is 9.83. The van der Waals surface area contributed by atoms with Gasteiger partial charge in [0, 0.05) is 32.9 Å². The van der Waals surface area contributed by atoms with Gasteiger partial charge in [0.05, 0.1) is 6.10 Å². The quantitative estimate of drug-likeness (QED) is 0.619. The van der Waals surface area contributed by atoms with Crippen LogP contribution in [0.2, 0.25) is 0 Å². The number of rotatable bonds is 8. The summed E-state index contributed by atoms with van der Waals surface area (Å²) in [7, 11) is 0. The fraction of sp³-hybridized carbons (Fsp3) is 1.00. The molecule has 1 saturated heterocycles. The third kappa shape index (κ3) is 5.47. The standard InChI is InChI=1S/C11H23NO3/c1-3-13-11(14-4-2)9-12-8-10-6-5-7-15-10/h10-12H,3-9H2,1-2H3. The van der Waals surface area contributed by atoms with Crippen molar-refractivity contribution in [2.75, 3.05) is 32.9 Å². The van der Waals surface area contributed by atoms with Crippen LogP contribution in [-0.4, -0.2) is 45.3 Å². The fourth-order valence-corrected chi connectivity index (χ4v) is 1.71. The molecule has 0 saturated carbocycles. The van der Waals surface area contributed by atoms with Gasteiger partial charge in [-0.15, -0.1) is 0 Å². The van der Waals surface area contributed by atoms with Gasteiger partial charge < -0.3 is 19.5 Å². The van der Waals surface area contributed by atoms with Gasteiger partial charge in [-0.05, 0) is 26.7 Å². The summed E-state index contributed by atoms with van der Waals surface area (Å²) < 4.78 is 16.4. The molecule has 4 heteroatoms. The first kappa shape index (κ1) is 12.9. The average molecular weight is 217 g/mol. The van der Waals surface area contributed by atoms with Crippen LogP contribution in [-0.2, 0) is 14.2 Å². The molecule has 0 radical (unpaired) electrons. The average Bonchev–Trinajstić information content (AvgIpc) is 2.71. The van der Waals surface area contributed by atoms with E-state index in [1.807, 2.05) is 13.8 Å². The lowest BCUT2D eigenvalue weighted by atomic mass is 10.2.